The smallest absolute Gasteiger partial charge is 0.282 e. The van der Waals surface area contributed by atoms with Crippen molar-refractivity contribution in [3.05, 3.63) is 86.1 Å². The molecule has 4 aromatic rings. The predicted molar refractivity (Wildman–Crippen MR) is 145 cm³/mol. The number of rotatable bonds is 4. The van der Waals surface area contributed by atoms with Gasteiger partial charge >= 0.3 is 0 Å². The van der Waals surface area contributed by atoms with Crippen molar-refractivity contribution in [3.63, 3.8) is 0 Å². The van der Waals surface area contributed by atoms with Crippen LogP contribution in [0.25, 0.3) is 16.6 Å². The van der Waals surface area contributed by atoms with E-state index in [-0.39, 0.29) is 11.0 Å². The Labute approximate surface area is 208 Å². The van der Waals surface area contributed by atoms with E-state index in [4.69, 9.17) is 4.98 Å². The van der Waals surface area contributed by atoms with Gasteiger partial charge in [-0.25, -0.2) is 4.98 Å². The lowest BCUT2D eigenvalue weighted by molar-refractivity contribution is 0.506. The summed E-state index contributed by atoms with van der Waals surface area (Å²) in [7, 11) is 4.06. The van der Waals surface area contributed by atoms with Crippen molar-refractivity contribution in [2.24, 2.45) is 5.10 Å². The maximum Gasteiger partial charge on any atom is 0.282 e. The summed E-state index contributed by atoms with van der Waals surface area (Å²) >= 11 is 3.46. The lowest BCUT2D eigenvalue weighted by Gasteiger charge is -2.20. The summed E-state index contributed by atoms with van der Waals surface area (Å²) in [4.78, 5) is 20.3. The van der Waals surface area contributed by atoms with Gasteiger partial charge in [0.25, 0.3) is 5.56 Å². The highest BCUT2D eigenvalue weighted by Crippen LogP contribution is 2.24. The molecule has 7 heteroatoms. The minimum absolute atomic E-state index is 0.180. The zero-order valence-corrected chi connectivity index (χ0v) is 22.3. The Morgan fingerprint density at radius 2 is 1.71 bits per heavy atom. The van der Waals surface area contributed by atoms with Crippen LogP contribution in [-0.2, 0) is 5.41 Å². The van der Waals surface area contributed by atoms with Gasteiger partial charge in [0.15, 0.2) is 0 Å². The molecule has 6 nitrogen and oxygen atoms in total. The molecule has 2 aromatic heterocycles. The largest absolute Gasteiger partial charge is 0.378 e. The van der Waals surface area contributed by atoms with Gasteiger partial charge in [-0.1, -0.05) is 36.7 Å². The summed E-state index contributed by atoms with van der Waals surface area (Å²) in [5.41, 5.74) is 5.48. The predicted octanol–water partition coefficient (Wildman–Crippen LogP) is 5.81. The molecular weight excluding hydrogens is 490 g/mol. The van der Waals surface area contributed by atoms with E-state index < -0.39 is 0 Å². The molecule has 0 saturated heterocycles. The maximum absolute atomic E-state index is 13.4. The topological polar surface area (TPSA) is 55.4 Å². The molecule has 0 atom stereocenters. The highest BCUT2D eigenvalue weighted by atomic mass is 79.9. The van der Waals surface area contributed by atoms with Crippen molar-refractivity contribution in [2.45, 2.75) is 40.0 Å². The van der Waals surface area contributed by atoms with E-state index in [2.05, 4.69) is 74.7 Å². The molecule has 2 aromatic carbocycles. The van der Waals surface area contributed by atoms with Crippen molar-refractivity contribution in [1.82, 2.24) is 14.2 Å². The third kappa shape index (κ3) is 4.44. The van der Waals surface area contributed by atoms with Gasteiger partial charge in [-0.15, -0.1) is 0 Å². The van der Waals surface area contributed by atoms with E-state index >= 15 is 0 Å². The molecule has 0 radical (unpaired) electrons. The molecule has 0 amide bonds. The summed E-state index contributed by atoms with van der Waals surface area (Å²) in [6, 6.07) is 16.1. The van der Waals surface area contributed by atoms with E-state index in [1.165, 1.54) is 4.68 Å². The van der Waals surface area contributed by atoms with E-state index in [9.17, 15) is 4.79 Å². The number of hydrogen-bond donors (Lipinski definition) is 0. The molecular formula is C27H30BrN5O. The lowest BCUT2D eigenvalue weighted by Crippen LogP contribution is -2.29. The SMILES string of the molecule is Cc1cc(C=Nn2c(C(C)(C)C)nc3ccc(Br)cc3c2=O)c(C)n1-c1ccc(N(C)C)cc1. The second kappa shape index (κ2) is 8.87. The first-order valence-electron chi connectivity index (χ1n) is 11.2. The summed E-state index contributed by atoms with van der Waals surface area (Å²) in [6.07, 6.45) is 1.76. The average Bonchev–Trinajstić information content (AvgIpc) is 3.05. The van der Waals surface area contributed by atoms with Crippen molar-refractivity contribution < 1.29 is 0 Å². The van der Waals surface area contributed by atoms with Crippen molar-refractivity contribution in [3.8, 4) is 5.69 Å². The Morgan fingerprint density at radius 3 is 2.32 bits per heavy atom. The number of nitrogens with zero attached hydrogens (tertiary/aromatic N) is 5. The normalized spacial score (nSPS) is 12.1. The zero-order valence-electron chi connectivity index (χ0n) is 20.7. The number of fused-ring (bicyclic) bond motifs is 1. The molecule has 0 N–H and O–H groups in total. The lowest BCUT2D eigenvalue weighted by atomic mass is 9.95. The fourth-order valence-electron chi connectivity index (χ4n) is 4.08. The summed E-state index contributed by atoms with van der Waals surface area (Å²) in [5.74, 6) is 0.622. The average molecular weight is 520 g/mol. The van der Waals surface area contributed by atoms with Crippen LogP contribution >= 0.6 is 15.9 Å². The maximum atomic E-state index is 13.4. The van der Waals surface area contributed by atoms with Gasteiger partial charge in [-0.3, -0.25) is 4.79 Å². The van der Waals surface area contributed by atoms with Gasteiger partial charge in [0.05, 0.1) is 17.1 Å². The second-order valence-corrected chi connectivity index (χ2v) is 10.7. The van der Waals surface area contributed by atoms with Gasteiger partial charge in [0.1, 0.15) is 5.82 Å². The van der Waals surface area contributed by atoms with Crippen molar-refractivity contribution in [1.29, 1.82) is 0 Å². The number of anilines is 1. The van der Waals surface area contributed by atoms with E-state index in [1.54, 1.807) is 12.3 Å². The first-order valence-corrected chi connectivity index (χ1v) is 12.0. The number of benzene rings is 2. The Bertz CT molecular complexity index is 1450. The number of hydrogen-bond acceptors (Lipinski definition) is 4. The molecule has 0 aliphatic heterocycles. The quantitative estimate of drug-likeness (QED) is 0.319. The second-order valence-electron chi connectivity index (χ2n) is 9.78. The van der Waals surface area contributed by atoms with Crippen LogP contribution in [0.15, 0.2) is 62.9 Å². The molecule has 0 spiro atoms. The van der Waals surface area contributed by atoms with Crippen molar-refractivity contribution >= 4 is 38.7 Å². The monoisotopic (exact) mass is 519 g/mol. The molecule has 0 unspecified atom stereocenters. The Kier molecular flexibility index (Phi) is 6.25. The summed E-state index contributed by atoms with van der Waals surface area (Å²) < 4.78 is 4.47. The minimum atomic E-state index is -0.358. The van der Waals surface area contributed by atoms with Crippen LogP contribution < -0.4 is 10.5 Å². The molecule has 0 saturated carbocycles. The van der Waals surface area contributed by atoms with Crippen LogP contribution in [0.2, 0.25) is 0 Å². The molecule has 0 fully saturated rings. The fraction of sp³-hybridized carbons (Fsp3) is 0.296. The molecule has 0 aliphatic carbocycles. The van der Waals surface area contributed by atoms with Crippen LogP contribution in [0.1, 0.15) is 43.5 Å². The molecule has 4 rings (SSSR count). The van der Waals surface area contributed by atoms with Crippen LogP contribution in [0, 0.1) is 13.8 Å². The standard InChI is InChI=1S/C27H30BrN5O/c1-17-14-19(18(2)32(17)22-11-9-21(10-12-22)31(6)7)16-29-33-25(34)23-15-20(28)8-13-24(23)30-26(33)27(3,4)5/h8-16H,1-7H3. The van der Waals surface area contributed by atoms with Gasteiger partial charge in [-0.2, -0.15) is 9.78 Å². The number of halogens is 1. The van der Waals surface area contributed by atoms with Crippen LogP contribution in [0.5, 0.6) is 0 Å². The third-order valence-corrected chi connectivity index (χ3v) is 6.38. The van der Waals surface area contributed by atoms with Gasteiger partial charge in [0.2, 0.25) is 0 Å². The van der Waals surface area contributed by atoms with Crippen LogP contribution in [0.3, 0.4) is 0 Å². The van der Waals surface area contributed by atoms with Crippen molar-refractivity contribution in [2.75, 3.05) is 19.0 Å². The Morgan fingerprint density at radius 1 is 1.03 bits per heavy atom. The van der Waals surface area contributed by atoms with Gasteiger partial charge in [-0.05, 0) is 62.4 Å². The first-order chi connectivity index (χ1) is 16.0. The van der Waals surface area contributed by atoms with E-state index in [1.807, 2.05) is 47.0 Å². The first kappa shape index (κ1) is 24.0. The molecule has 0 aliphatic rings. The molecule has 34 heavy (non-hydrogen) atoms. The molecule has 0 bridgehead atoms. The Hall–Kier alpha value is -3.19. The number of aryl methyl sites for hydroxylation is 1. The van der Waals surface area contributed by atoms with E-state index in [0.717, 1.165) is 32.8 Å². The highest BCUT2D eigenvalue weighted by Gasteiger charge is 2.23. The zero-order chi connectivity index (χ0) is 24.8. The summed E-state index contributed by atoms with van der Waals surface area (Å²) in [5, 5.41) is 5.18. The molecule has 2 heterocycles. The Balaban J connectivity index is 1.82. The molecule has 176 valence electrons. The minimum Gasteiger partial charge on any atom is -0.378 e. The van der Waals surface area contributed by atoms with Crippen LogP contribution in [-0.4, -0.2) is 34.5 Å². The highest BCUT2D eigenvalue weighted by molar-refractivity contribution is 9.10. The fourth-order valence-corrected chi connectivity index (χ4v) is 4.44. The number of aromatic nitrogens is 3. The summed E-state index contributed by atoms with van der Waals surface area (Å²) in [6.45, 7) is 10.3. The van der Waals surface area contributed by atoms with Gasteiger partial charge < -0.3 is 9.47 Å². The van der Waals surface area contributed by atoms with Crippen LogP contribution in [0.4, 0.5) is 5.69 Å². The van der Waals surface area contributed by atoms with Gasteiger partial charge in [0, 0.05) is 52.3 Å². The van der Waals surface area contributed by atoms with E-state index in [0.29, 0.717) is 16.7 Å². The third-order valence-electron chi connectivity index (χ3n) is 5.89.